The fourth-order valence-corrected chi connectivity index (χ4v) is 8.99. The smallest absolute Gasteiger partial charge is 0.137 e. The quantitative estimate of drug-likeness (QED) is 0.199. The molecule has 0 fully saturated rings. The number of furan rings is 1. The fourth-order valence-electron chi connectivity index (χ4n) is 7.87. The van der Waals surface area contributed by atoms with Gasteiger partial charge in [-0.15, -0.1) is 11.3 Å². The highest BCUT2D eigenvalue weighted by Gasteiger charge is 2.37. The average Bonchev–Trinajstić information content (AvgIpc) is 3.73. The maximum absolute atomic E-state index is 6.44. The predicted molar refractivity (Wildman–Crippen MR) is 196 cm³/mol. The average molecular weight is 608 g/mol. The lowest BCUT2D eigenvalue weighted by Crippen LogP contribution is -2.16. The van der Waals surface area contributed by atoms with Gasteiger partial charge >= 0.3 is 0 Å². The van der Waals surface area contributed by atoms with E-state index >= 15 is 0 Å². The monoisotopic (exact) mass is 607 g/mol. The van der Waals surface area contributed by atoms with E-state index in [9.17, 15) is 0 Å². The normalized spacial score (nSPS) is 13.6. The molecule has 0 bridgehead atoms. The lowest BCUT2D eigenvalue weighted by Gasteiger charge is -2.29. The van der Waals surface area contributed by atoms with Crippen molar-refractivity contribution in [2.45, 2.75) is 19.3 Å². The van der Waals surface area contributed by atoms with Gasteiger partial charge in [-0.05, 0) is 76.0 Å². The van der Waals surface area contributed by atoms with Gasteiger partial charge in [0, 0.05) is 59.4 Å². The summed E-state index contributed by atoms with van der Waals surface area (Å²) in [5.41, 5.74) is 10.4. The third-order valence-electron chi connectivity index (χ3n) is 10.0. The molecule has 7 aromatic carbocycles. The maximum atomic E-state index is 6.44. The number of para-hydroxylation sites is 1. The predicted octanol–water partition coefficient (Wildman–Crippen LogP) is 12.9. The first-order valence-electron chi connectivity index (χ1n) is 15.9. The molecule has 0 N–H and O–H groups in total. The lowest BCUT2D eigenvalue weighted by molar-refractivity contribution is 0.660. The minimum Gasteiger partial charge on any atom is -0.456 e. The van der Waals surface area contributed by atoms with E-state index in [1.165, 1.54) is 58.9 Å². The van der Waals surface area contributed by atoms with Gasteiger partial charge in [0.05, 0.1) is 5.69 Å². The maximum Gasteiger partial charge on any atom is 0.137 e. The topological polar surface area (TPSA) is 16.4 Å². The Balaban J connectivity index is 1.29. The molecule has 1 aliphatic rings. The van der Waals surface area contributed by atoms with E-state index in [1.807, 2.05) is 17.4 Å². The third-order valence-corrected chi connectivity index (χ3v) is 11.2. The summed E-state index contributed by atoms with van der Waals surface area (Å²) in [6.45, 7) is 4.70. The van der Waals surface area contributed by atoms with Crippen LogP contribution in [0.4, 0.5) is 17.1 Å². The molecule has 9 aromatic rings. The molecule has 0 spiro atoms. The van der Waals surface area contributed by atoms with Crippen molar-refractivity contribution in [3.63, 3.8) is 0 Å². The lowest BCUT2D eigenvalue weighted by atomic mass is 9.82. The Morgan fingerprint density at radius 1 is 0.543 bits per heavy atom. The molecule has 2 aromatic heterocycles. The summed E-state index contributed by atoms with van der Waals surface area (Å²) >= 11 is 1.87. The van der Waals surface area contributed by atoms with Gasteiger partial charge in [0.1, 0.15) is 11.2 Å². The molecule has 0 radical (unpaired) electrons. The van der Waals surface area contributed by atoms with E-state index in [4.69, 9.17) is 4.42 Å². The van der Waals surface area contributed by atoms with Crippen LogP contribution in [0.15, 0.2) is 144 Å². The van der Waals surface area contributed by atoms with Crippen molar-refractivity contribution >= 4 is 81.3 Å². The van der Waals surface area contributed by atoms with Crippen LogP contribution in [0.25, 0.3) is 64.0 Å². The van der Waals surface area contributed by atoms with Crippen molar-refractivity contribution in [1.82, 2.24) is 0 Å². The van der Waals surface area contributed by atoms with E-state index in [1.54, 1.807) is 0 Å². The molecule has 10 rings (SSSR count). The van der Waals surface area contributed by atoms with Crippen LogP contribution in [0.5, 0.6) is 0 Å². The Hall–Kier alpha value is -5.38. The van der Waals surface area contributed by atoms with E-state index < -0.39 is 0 Å². The molecular formula is C43H29NOS. The van der Waals surface area contributed by atoms with Gasteiger partial charge in [0.25, 0.3) is 0 Å². The molecule has 0 aliphatic heterocycles. The Bertz CT molecular complexity index is 2690. The van der Waals surface area contributed by atoms with Crippen LogP contribution < -0.4 is 4.90 Å². The van der Waals surface area contributed by atoms with Gasteiger partial charge in [-0.2, -0.15) is 0 Å². The van der Waals surface area contributed by atoms with Crippen LogP contribution in [0.1, 0.15) is 25.0 Å². The summed E-state index contributed by atoms with van der Waals surface area (Å²) < 4.78 is 9.08. The minimum absolute atomic E-state index is 0.0958. The molecule has 0 saturated carbocycles. The van der Waals surface area contributed by atoms with E-state index in [0.717, 1.165) is 33.3 Å². The molecule has 0 atom stereocenters. The van der Waals surface area contributed by atoms with Crippen LogP contribution >= 0.6 is 11.3 Å². The molecule has 0 amide bonds. The summed E-state index contributed by atoms with van der Waals surface area (Å²) in [4.78, 5) is 2.44. The molecule has 2 heterocycles. The molecule has 0 unspecified atom stereocenters. The number of hydrogen-bond acceptors (Lipinski definition) is 3. The van der Waals surface area contributed by atoms with Gasteiger partial charge < -0.3 is 9.32 Å². The number of thiophene rings is 1. The summed E-state index contributed by atoms with van der Waals surface area (Å²) in [7, 11) is 0. The number of nitrogens with zero attached hydrogens (tertiary/aromatic N) is 1. The second-order valence-electron chi connectivity index (χ2n) is 12.9. The van der Waals surface area contributed by atoms with Gasteiger partial charge in [-0.25, -0.2) is 0 Å². The van der Waals surface area contributed by atoms with Crippen molar-refractivity contribution < 1.29 is 4.42 Å². The molecule has 3 heteroatoms. The van der Waals surface area contributed by atoms with E-state index in [-0.39, 0.29) is 5.41 Å². The Kier molecular flexibility index (Phi) is 5.25. The van der Waals surface area contributed by atoms with Crippen molar-refractivity contribution in [3.8, 4) is 11.1 Å². The van der Waals surface area contributed by atoms with Crippen LogP contribution in [-0.4, -0.2) is 0 Å². The Labute approximate surface area is 270 Å². The summed E-state index contributed by atoms with van der Waals surface area (Å²) in [5.74, 6) is 0. The standard InChI is InChI=1S/C43H29NOS/c1-43(2)34-13-6-3-11-31(34)42-35(43)14-9-15-36(42)44(28-21-22-30-29-10-4-7-16-37(29)45-38(30)25-28)27-20-18-26-19-23-40-41(33(26)24-27)32-12-5-8-17-39(32)46-40/h3-25H,1-2H3. The second-order valence-corrected chi connectivity index (χ2v) is 14.0. The highest BCUT2D eigenvalue weighted by atomic mass is 32.1. The molecule has 1 aliphatic carbocycles. The van der Waals surface area contributed by atoms with Crippen molar-refractivity contribution in [3.05, 3.63) is 151 Å². The van der Waals surface area contributed by atoms with Crippen molar-refractivity contribution in [2.75, 3.05) is 4.90 Å². The first-order chi connectivity index (χ1) is 22.6. The summed E-state index contributed by atoms with van der Waals surface area (Å²) in [5, 5.41) is 7.44. The highest BCUT2D eigenvalue weighted by molar-refractivity contribution is 7.26. The van der Waals surface area contributed by atoms with Crippen LogP contribution in [0.3, 0.4) is 0 Å². The SMILES string of the molecule is CC1(C)c2ccccc2-c2c(N(c3ccc4c(c3)oc3ccccc34)c3ccc4ccc5sc6ccccc6c5c4c3)cccc21. The fraction of sp³-hybridized carbons (Fsp3) is 0.0698. The molecular weight excluding hydrogens is 579 g/mol. The van der Waals surface area contributed by atoms with E-state index in [0.29, 0.717) is 0 Å². The first-order valence-corrected chi connectivity index (χ1v) is 16.7. The zero-order valence-corrected chi connectivity index (χ0v) is 26.4. The second kappa shape index (κ2) is 9.32. The minimum atomic E-state index is -0.0958. The van der Waals surface area contributed by atoms with Crippen molar-refractivity contribution in [1.29, 1.82) is 0 Å². The van der Waals surface area contributed by atoms with Crippen LogP contribution in [0.2, 0.25) is 0 Å². The molecule has 218 valence electrons. The van der Waals surface area contributed by atoms with Crippen molar-refractivity contribution in [2.24, 2.45) is 0 Å². The molecule has 0 saturated heterocycles. The van der Waals surface area contributed by atoms with Crippen LogP contribution in [0, 0.1) is 0 Å². The first kappa shape index (κ1) is 25.9. The van der Waals surface area contributed by atoms with Gasteiger partial charge in [-0.1, -0.05) is 98.8 Å². The number of benzene rings is 7. The Morgan fingerprint density at radius 3 is 2.20 bits per heavy atom. The number of hydrogen-bond donors (Lipinski definition) is 0. The van der Waals surface area contributed by atoms with Gasteiger partial charge in [-0.3, -0.25) is 0 Å². The zero-order valence-electron chi connectivity index (χ0n) is 25.5. The van der Waals surface area contributed by atoms with Crippen LogP contribution in [-0.2, 0) is 5.41 Å². The number of anilines is 3. The summed E-state index contributed by atoms with van der Waals surface area (Å²) in [6.07, 6.45) is 0. The molecule has 46 heavy (non-hydrogen) atoms. The highest BCUT2D eigenvalue weighted by Crippen LogP contribution is 2.54. The van der Waals surface area contributed by atoms with E-state index in [2.05, 4.69) is 152 Å². The number of rotatable bonds is 3. The third kappa shape index (κ3) is 3.52. The number of fused-ring (bicyclic) bond motifs is 11. The molecule has 2 nitrogen and oxygen atoms in total. The summed E-state index contributed by atoms with van der Waals surface area (Å²) in [6, 6.07) is 51.0. The van der Waals surface area contributed by atoms with Gasteiger partial charge in [0.2, 0.25) is 0 Å². The Morgan fingerprint density at radius 2 is 1.26 bits per heavy atom. The van der Waals surface area contributed by atoms with Gasteiger partial charge in [0.15, 0.2) is 0 Å². The zero-order chi connectivity index (χ0) is 30.6. The largest absolute Gasteiger partial charge is 0.456 e.